The van der Waals surface area contributed by atoms with Gasteiger partial charge in [-0.25, -0.2) is 0 Å². The van der Waals surface area contributed by atoms with Gasteiger partial charge in [-0.2, -0.15) is 0 Å². The van der Waals surface area contributed by atoms with Gasteiger partial charge in [-0.1, -0.05) is 72.6 Å². The summed E-state index contributed by atoms with van der Waals surface area (Å²) in [5, 5.41) is 0.552. The number of benzene rings is 2. The summed E-state index contributed by atoms with van der Waals surface area (Å²) >= 11 is 9.37. The second-order valence-electron chi connectivity index (χ2n) is 5.80. The van der Waals surface area contributed by atoms with Gasteiger partial charge in [-0.05, 0) is 35.6 Å². The quantitative estimate of drug-likeness (QED) is 0.605. The Bertz CT molecular complexity index is 639. The second kappa shape index (κ2) is 6.33. The predicted molar refractivity (Wildman–Crippen MR) is 92.3 cm³/mol. The van der Waals surface area contributed by atoms with E-state index in [1.54, 1.807) is 18.2 Å². The molecule has 2 rings (SSSR count). The highest BCUT2D eigenvalue weighted by atomic mass is 79.9. The maximum absolute atomic E-state index is 12.5. The minimum absolute atomic E-state index is 0.0148. The van der Waals surface area contributed by atoms with Crippen LogP contribution in [-0.2, 0) is 5.41 Å². The third kappa shape index (κ3) is 3.75. The Kier molecular flexibility index (Phi) is 4.90. The summed E-state index contributed by atoms with van der Waals surface area (Å²) in [7, 11) is 0. The molecule has 1 nitrogen and oxygen atoms in total. The lowest BCUT2D eigenvalue weighted by molar-refractivity contribution is 0.103. The number of hydrogen-bond acceptors (Lipinski definition) is 1. The van der Waals surface area contributed by atoms with Crippen LogP contribution in [0.4, 0.5) is 0 Å². The van der Waals surface area contributed by atoms with Crippen LogP contribution in [0.2, 0.25) is 5.02 Å². The number of hydrogen-bond donors (Lipinski definition) is 0. The number of carbonyl (C=O) groups is 1. The van der Waals surface area contributed by atoms with Gasteiger partial charge in [0, 0.05) is 20.6 Å². The van der Waals surface area contributed by atoms with E-state index in [1.807, 2.05) is 24.3 Å². The molecule has 0 saturated heterocycles. The Morgan fingerprint density at radius 1 is 1.10 bits per heavy atom. The van der Waals surface area contributed by atoms with Crippen LogP contribution in [0, 0.1) is 0 Å². The standard InChI is InChI=1S/C18H18BrClO/c1-4-18(2,3)14-7-5-12(6-8-14)17(21)13-9-15(19)11-16(20)10-13/h5-11H,4H2,1-3H3. The molecule has 0 radical (unpaired) electrons. The second-order valence-corrected chi connectivity index (χ2v) is 7.15. The number of ketones is 1. The summed E-state index contributed by atoms with van der Waals surface area (Å²) in [4.78, 5) is 12.5. The van der Waals surface area contributed by atoms with E-state index < -0.39 is 0 Å². The monoisotopic (exact) mass is 364 g/mol. The molecule has 0 saturated carbocycles. The van der Waals surface area contributed by atoms with Crippen molar-refractivity contribution in [3.05, 3.63) is 68.7 Å². The highest BCUT2D eigenvalue weighted by molar-refractivity contribution is 9.10. The first-order valence-electron chi connectivity index (χ1n) is 6.95. The Balaban J connectivity index is 2.32. The third-order valence-electron chi connectivity index (χ3n) is 3.94. The molecule has 110 valence electrons. The minimum Gasteiger partial charge on any atom is -0.289 e. The molecular formula is C18H18BrClO. The first kappa shape index (κ1) is 16.3. The summed E-state index contributed by atoms with van der Waals surface area (Å²) in [5.74, 6) is -0.0148. The molecule has 0 aromatic heterocycles. The van der Waals surface area contributed by atoms with Crippen LogP contribution in [-0.4, -0.2) is 5.78 Å². The van der Waals surface area contributed by atoms with Crippen LogP contribution in [0.5, 0.6) is 0 Å². The molecule has 0 heterocycles. The van der Waals surface area contributed by atoms with E-state index in [-0.39, 0.29) is 11.2 Å². The molecule has 0 amide bonds. The van der Waals surface area contributed by atoms with Crippen molar-refractivity contribution in [3.63, 3.8) is 0 Å². The first-order valence-corrected chi connectivity index (χ1v) is 8.12. The first-order chi connectivity index (χ1) is 9.83. The fourth-order valence-corrected chi connectivity index (χ4v) is 2.99. The minimum atomic E-state index is -0.0148. The van der Waals surface area contributed by atoms with E-state index in [4.69, 9.17) is 11.6 Å². The van der Waals surface area contributed by atoms with Crippen LogP contribution in [0.3, 0.4) is 0 Å². The molecule has 0 aliphatic heterocycles. The molecule has 0 aliphatic rings. The zero-order chi connectivity index (χ0) is 15.6. The van der Waals surface area contributed by atoms with Gasteiger partial charge in [-0.15, -0.1) is 0 Å². The van der Waals surface area contributed by atoms with Crippen molar-refractivity contribution in [2.24, 2.45) is 0 Å². The largest absolute Gasteiger partial charge is 0.289 e. The molecular weight excluding hydrogens is 348 g/mol. The van der Waals surface area contributed by atoms with E-state index in [2.05, 4.69) is 36.7 Å². The van der Waals surface area contributed by atoms with Crippen molar-refractivity contribution in [1.29, 1.82) is 0 Å². The maximum Gasteiger partial charge on any atom is 0.193 e. The topological polar surface area (TPSA) is 17.1 Å². The molecule has 0 aliphatic carbocycles. The molecule has 0 unspecified atom stereocenters. The lowest BCUT2D eigenvalue weighted by Gasteiger charge is -2.23. The molecule has 0 fully saturated rings. The van der Waals surface area contributed by atoms with E-state index in [0.29, 0.717) is 16.1 Å². The smallest absolute Gasteiger partial charge is 0.193 e. The van der Waals surface area contributed by atoms with Crippen molar-refractivity contribution in [2.45, 2.75) is 32.6 Å². The summed E-state index contributed by atoms with van der Waals surface area (Å²) < 4.78 is 0.807. The maximum atomic E-state index is 12.5. The molecule has 3 heteroatoms. The Hall–Kier alpha value is -1.12. The fourth-order valence-electron chi connectivity index (χ4n) is 2.13. The summed E-state index contributed by atoms with van der Waals surface area (Å²) in [5.41, 5.74) is 2.64. The van der Waals surface area contributed by atoms with E-state index in [9.17, 15) is 4.79 Å². The average molecular weight is 366 g/mol. The SMILES string of the molecule is CCC(C)(C)c1ccc(C(=O)c2cc(Cl)cc(Br)c2)cc1. The zero-order valence-corrected chi connectivity index (χ0v) is 14.8. The van der Waals surface area contributed by atoms with E-state index in [1.165, 1.54) is 5.56 Å². The van der Waals surface area contributed by atoms with Crippen molar-refractivity contribution >= 4 is 33.3 Å². The molecule has 2 aromatic carbocycles. The Morgan fingerprint density at radius 3 is 2.24 bits per heavy atom. The van der Waals surface area contributed by atoms with Crippen LogP contribution in [0.1, 0.15) is 48.7 Å². The van der Waals surface area contributed by atoms with Crippen molar-refractivity contribution in [2.75, 3.05) is 0 Å². The summed E-state index contributed by atoms with van der Waals surface area (Å²) in [6, 6.07) is 13.1. The molecule has 0 bridgehead atoms. The average Bonchev–Trinajstić information content (AvgIpc) is 2.45. The zero-order valence-electron chi connectivity index (χ0n) is 12.4. The molecule has 0 spiro atoms. The van der Waals surface area contributed by atoms with E-state index in [0.717, 1.165) is 10.9 Å². The van der Waals surface area contributed by atoms with E-state index >= 15 is 0 Å². The lowest BCUT2D eigenvalue weighted by atomic mass is 9.82. The summed E-state index contributed by atoms with van der Waals surface area (Å²) in [6.45, 7) is 6.58. The highest BCUT2D eigenvalue weighted by Crippen LogP contribution is 2.27. The van der Waals surface area contributed by atoms with Crippen molar-refractivity contribution in [3.8, 4) is 0 Å². The predicted octanol–water partition coefficient (Wildman–Crippen LogP) is 6.02. The van der Waals surface area contributed by atoms with Crippen molar-refractivity contribution < 1.29 is 4.79 Å². The van der Waals surface area contributed by atoms with Gasteiger partial charge in [0.25, 0.3) is 0 Å². The molecule has 21 heavy (non-hydrogen) atoms. The van der Waals surface area contributed by atoms with Gasteiger partial charge in [0.1, 0.15) is 0 Å². The Morgan fingerprint density at radius 2 is 1.71 bits per heavy atom. The molecule has 2 aromatic rings. The van der Waals surface area contributed by atoms with Gasteiger partial charge in [0.15, 0.2) is 5.78 Å². The number of halogens is 2. The van der Waals surface area contributed by atoms with Gasteiger partial charge < -0.3 is 0 Å². The van der Waals surface area contributed by atoms with Crippen LogP contribution in [0.15, 0.2) is 46.9 Å². The lowest BCUT2D eigenvalue weighted by Crippen LogP contribution is -2.15. The molecule has 0 N–H and O–H groups in total. The summed E-state index contributed by atoms with van der Waals surface area (Å²) in [6.07, 6.45) is 1.06. The van der Waals surface area contributed by atoms with Crippen LogP contribution < -0.4 is 0 Å². The Labute approximate surface area is 139 Å². The number of rotatable bonds is 4. The molecule has 0 atom stereocenters. The number of carbonyl (C=O) groups excluding carboxylic acids is 1. The third-order valence-corrected chi connectivity index (χ3v) is 4.61. The van der Waals surface area contributed by atoms with Gasteiger partial charge >= 0.3 is 0 Å². The fraction of sp³-hybridized carbons (Fsp3) is 0.278. The van der Waals surface area contributed by atoms with Crippen LogP contribution in [0.25, 0.3) is 0 Å². The van der Waals surface area contributed by atoms with Gasteiger partial charge in [0.2, 0.25) is 0 Å². The van der Waals surface area contributed by atoms with Gasteiger partial charge in [-0.3, -0.25) is 4.79 Å². The highest BCUT2D eigenvalue weighted by Gasteiger charge is 2.18. The normalized spacial score (nSPS) is 11.5. The van der Waals surface area contributed by atoms with Crippen LogP contribution >= 0.6 is 27.5 Å². The van der Waals surface area contributed by atoms with Gasteiger partial charge in [0.05, 0.1) is 0 Å². The van der Waals surface area contributed by atoms with Crippen molar-refractivity contribution in [1.82, 2.24) is 0 Å².